The van der Waals surface area contributed by atoms with Crippen molar-refractivity contribution in [2.75, 3.05) is 0 Å². The lowest BCUT2D eigenvalue weighted by Crippen LogP contribution is -2.40. The van der Waals surface area contributed by atoms with Crippen LogP contribution in [-0.4, -0.2) is 21.8 Å². The molecule has 0 bridgehead atoms. The first-order chi connectivity index (χ1) is 19.3. The number of ether oxygens (including phenoxy) is 1. The highest BCUT2D eigenvalue weighted by atomic mass is 16.5. The predicted molar refractivity (Wildman–Crippen MR) is 156 cm³/mol. The minimum atomic E-state index is -0.589. The van der Waals surface area contributed by atoms with Crippen LogP contribution in [0.2, 0.25) is 0 Å². The fourth-order valence-electron chi connectivity index (χ4n) is 7.31. The Hall–Kier alpha value is -3.41. The van der Waals surface area contributed by atoms with Crippen LogP contribution in [0.1, 0.15) is 82.5 Å². The molecule has 0 aliphatic heterocycles. The molecule has 0 amide bonds. The number of fused-ring (bicyclic) bond motifs is 1. The highest BCUT2D eigenvalue weighted by Crippen LogP contribution is 2.49. The molecule has 1 heterocycles. The first-order valence-corrected chi connectivity index (χ1v) is 14.9. The fraction of sp³-hybridized carbons (Fsp3) is 0.500. The number of nitrogens with one attached hydrogen (secondary N) is 1. The van der Waals surface area contributed by atoms with Crippen molar-refractivity contribution in [2.45, 2.75) is 72.1 Å². The van der Waals surface area contributed by atoms with E-state index in [1.165, 1.54) is 24.6 Å². The van der Waals surface area contributed by atoms with Gasteiger partial charge in [-0.15, -0.1) is 0 Å². The number of hydrogen-bond acceptors (Lipinski definition) is 5. The highest BCUT2D eigenvalue weighted by Gasteiger charge is 2.43. The van der Waals surface area contributed by atoms with Gasteiger partial charge in [-0.05, 0) is 80.9 Å². The number of pyridine rings is 1. The van der Waals surface area contributed by atoms with Gasteiger partial charge in [0.05, 0.1) is 5.92 Å². The number of ketones is 1. The van der Waals surface area contributed by atoms with Crippen LogP contribution in [0.15, 0.2) is 59.1 Å². The van der Waals surface area contributed by atoms with Crippen LogP contribution in [-0.2, 0) is 4.79 Å². The highest BCUT2D eigenvalue weighted by molar-refractivity contribution is 6.03. The second kappa shape index (κ2) is 12.0. The van der Waals surface area contributed by atoms with Gasteiger partial charge in [0.25, 0.3) is 5.56 Å². The Balaban J connectivity index is 1.42. The van der Waals surface area contributed by atoms with Crippen molar-refractivity contribution in [2.24, 2.45) is 35.5 Å². The Kier molecular flexibility index (Phi) is 8.43. The fourth-order valence-corrected chi connectivity index (χ4v) is 7.31. The second-order valence-corrected chi connectivity index (χ2v) is 12.1. The average Bonchev–Trinajstić information content (AvgIpc) is 2.95. The van der Waals surface area contributed by atoms with Crippen molar-refractivity contribution in [1.82, 2.24) is 4.98 Å². The monoisotopic (exact) mass is 543 g/mol. The third-order valence-electron chi connectivity index (χ3n) is 9.45. The number of carbonyl (C=O) groups is 2. The Bertz CT molecular complexity index is 1360. The van der Waals surface area contributed by atoms with Gasteiger partial charge in [0.1, 0.15) is 17.1 Å². The van der Waals surface area contributed by atoms with E-state index in [1.54, 1.807) is 24.3 Å². The van der Waals surface area contributed by atoms with Gasteiger partial charge in [-0.25, -0.2) is 0 Å². The zero-order chi connectivity index (χ0) is 28.4. The summed E-state index contributed by atoms with van der Waals surface area (Å²) in [5.41, 5.74) is 1.39. The molecule has 40 heavy (non-hydrogen) atoms. The quantitative estimate of drug-likeness (QED) is 0.173. The minimum absolute atomic E-state index is 0.0189. The number of benzene rings is 1. The van der Waals surface area contributed by atoms with E-state index in [0.29, 0.717) is 34.6 Å². The Morgan fingerprint density at radius 2 is 1.77 bits per heavy atom. The Labute approximate surface area is 236 Å². The maximum Gasteiger partial charge on any atom is 0.314 e. The van der Waals surface area contributed by atoms with E-state index in [4.69, 9.17) is 4.74 Å². The number of carbonyl (C=O) groups excluding carboxylic acids is 2. The molecule has 212 valence electrons. The van der Waals surface area contributed by atoms with E-state index in [9.17, 15) is 19.5 Å². The normalized spacial score (nSPS) is 27.2. The van der Waals surface area contributed by atoms with Gasteiger partial charge in [-0.1, -0.05) is 68.5 Å². The van der Waals surface area contributed by atoms with Gasteiger partial charge < -0.3 is 14.8 Å². The predicted octanol–water partition coefficient (Wildman–Crippen LogP) is 7.24. The van der Waals surface area contributed by atoms with Crippen molar-refractivity contribution in [1.29, 1.82) is 0 Å². The van der Waals surface area contributed by atoms with Crippen LogP contribution in [0.5, 0.6) is 11.5 Å². The topological polar surface area (TPSA) is 96.5 Å². The van der Waals surface area contributed by atoms with Crippen molar-refractivity contribution < 1.29 is 19.4 Å². The van der Waals surface area contributed by atoms with Crippen LogP contribution < -0.4 is 10.3 Å². The molecule has 0 radical (unpaired) electrons. The summed E-state index contributed by atoms with van der Waals surface area (Å²) in [6.07, 6.45) is 15.9. The molecule has 3 aliphatic rings. The smallest absolute Gasteiger partial charge is 0.314 e. The van der Waals surface area contributed by atoms with E-state index in [1.807, 2.05) is 19.1 Å². The number of Topliss-reactive ketones (excluding diaryl/α,β-unsaturated/α-hetero) is 1. The molecule has 6 nitrogen and oxygen atoms in total. The number of aromatic hydroxyl groups is 1. The Morgan fingerprint density at radius 3 is 2.48 bits per heavy atom. The summed E-state index contributed by atoms with van der Waals surface area (Å²) in [5, 5.41) is 11.3. The first kappa shape index (κ1) is 28.1. The van der Waals surface area contributed by atoms with Crippen LogP contribution in [0.3, 0.4) is 0 Å². The van der Waals surface area contributed by atoms with Gasteiger partial charge in [0.15, 0.2) is 5.78 Å². The van der Waals surface area contributed by atoms with E-state index in [2.05, 4.69) is 24.9 Å². The molecule has 0 saturated heterocycles. The first-order valence-electron chi connectivity index (χ1n) is 14.9. The number of aromatic amines is 1. The van der Waals surface area contributed by atoms with Gasteiger partial charge in [-0.2, -0.15) is 0 Å². The zero-order valence-electron chi connectivity index (χ0n) is 23.8. The lowest BCUT2D eigenvalue weighted by atomic mass is 9.59. The molecule has 0 unspecified atom stereocenters. The summed E-state index contributed by atoms with van der Waals surface area (Å²) >= 11 is 0. The minimum Gasteiger partial charge on any atom is -0.506 e. The molecule has 5 atom stereocenters. The van der Waals surface area contributed by atoms with Crippen LogP contribution in [0.4, 0.5) is 0 Å². The third kappa shape index (κ3) is 5.59. The van der Waals surface area contributed by atoms with E-state index in [0.717, 1.165) is 38.5 Å². The lowest BCUT2D eigenvalue weighted by Gasteiger charge is -2.45. The SMILES string of the molecule is C/C=C/[C@@H]1[C@H]2C[C@@H](C)CC[C@@H]2C(C)=C[C@H]1C(=O)c1c(O)c(-c2ccc(OC(=O)C3CCCCC3)cc2)c[nH]c1=O. The number of H-pyrrole nitrogens is 1. The van der Waals surface area contributed by atoms with Crippen molar-refractivity contribution in [3.8, 4) is 22.6 Å². The summed E-state index contributed by atoms with van der Waals surface area (Å²) in [7, 11) is 0. The summed E-state index contributed by atoms with van der Waals surface area (Å²) in [4.78, 5) is 42.2. The van der Waals surface area contributed by atoms with Crippen LogP contribution in [0.25, 0.3) is 11.1 Å². The summed E-state index contributed by atoms with van der Waals surface area (Å²) in [6.45, 7) is 6.34. The van der Waals surface area contributed by atoms with E-state index in [-0.39, 0.29) is 34.9 Å². The van der Waals surface area contributed by atoms with Crippen molar-refractivity contribution in [3.05, 3.63) is 70.2 Å². The van der Waals surface area contributed by atoms with E-state index >= 15 is 0 Å². The van der Waals surface area contributed by atoms with Gasteiger partial charge in [-0.3, -0.25) is 14.4 Å². The molecule has 2 fully saturated rings. The van der Waals surface area contributed by atoms with Gasteiger partial charge in [0, 0.05) is 17.7 Å². The third-order valence-corrected chi connectivity index (χ3v) is 9.45. The molecule has 1 aromatic carbocycles. The number of hydrogen-bond donors (Lipinski definition) is 2. The largest absolute Gasteiger partial charge is 0.506 e. The molecule has 2 aromatic rings. The maximum atomic E-state index is 14.0. The molecule has 1 aromatic heterocycles. The summed E-state index contributed by atoms with van der Waals surface area (Å²) in [6, 6.07) is 6.82. The number of allylic oxidation sites excluding steroid dienone is 4. The molecule has 2 N–H and O–H groups in total. The average molecular weight is 544 g/mol. The Morgan fingerprint density at radius 1 is 1.05 bits per heavy atom. The van der Waals surface area contributed by atoms with Crippen LogP contribution in [0, 0.1) is 35.5 Å². The molecule has 6 heteroatoms. The summed E-state index contributed by atoms with van der Waals surface area (Å²) in [5.74, 6) is 0.379. The lowest BCUT2D eigenvalue weighted by molar-refractivity contribution is -0.139. The molecule has 2 saturated carbocycles. The molecule has 5 rings (SSSR count). The molecular weight excluding hydrogens is 502 g/mol. The van der Waals surface area contributed by atoms with Gasteiger partial charge in [0.2, 0.25) is 0 Å². The standard InChI is InChI=1S/C34H41NO5/c1-4-8-26-27-17-20(2)11-16-25(27)21(3)18-28(26)31(36)30-32(37)29(19-35-33(30)38)22-12-14-24(15-13-22)40-34(39)23-9-6-5-7-10-23/h4,8,12-15,18-20,23,25-28H,5-7,9-11,16-17H2,1-3H3,(H2,35,37,38)/b8-4+/t20-,25+,26+,27-,28+/m0/s1. The van der Waals surface area contributed by atoms with Crippen molar-refractivity contribution >= 4 is 11.8 Å². The number of rotatable bonds is 6. The maximum absolute atomic E-state index is 14.0. The number of aromatic nitrogens is 1. The molecular formula is C34H41NO5. The van der Waals surface area contributed by atoms with E-state index < -0.39 is 11.5 Å². The van der Waals surface area contributed by atoms with Gasteiger partial charge >= 0.3 is 5.97 Å². The van der Waals surface area contributed by atoms with Crippen LogP contribution >= 0.6 is 0 Å². The van der Waals surface area contributed by atoms with Crippen molar-refractivity contribution in [3.63, 3.8) is 0 Å². The summed E-state index contributed by atoms with van der Waals surface area (Å²) < 4.78 is 5.60. The molecule has 0 spiro atoms. The molecule has 3 aliphatic carbocycles. The number of esters is 1. The zero-order valence-corrected chi connectivity index (χ0v) is 23.8. The second-order valence-electron chi connectivity index (χ2n) is 12.1.